The quantitative estimate of drug-likeness (QED) is 0.328. The molecule has 0 amide bonds. The number of ether oxygens (including phenoxy) is 1. The van der Waals surface area contributed by atoms with Crippen LogP contribution in [0.25, 0.3) is 23.1 Å². The van der Waals surface area contributed by atoms with Crippen molar-refractivity contribution in [1.29, 1.82) is 0 Å². The minimum absolute atomic E-state index is 0.283. The smallest absolute Gasteiger partial charge is 0.401 e. The van der Waals surface area contributed by atoms with Gasteiger partial charge in [0.15, 0.2) is 5.82 Å². The first-order chi connectivity index (χ1) is 16.6. The topological polar surface area (TPSA) is 119 Å². The summed E-state index contributed by atoms with van der Waals surface area (Å²) in [4.78, 5) is 25.4. The predicted octanol–water partition coefficient (Wildman–Crippen LogP) is 4.42. The van der Waals surface area contributed by atoms with Crippen LogP contribution in [0.3, 0.4) is 0 Å². The van der Waals surface area contributed by atoms with Crippen LogP contribution in [0.4, 0.5) is 27.5 Å². The lowest BCUT2D eigenvalue weighted by Crippen LogP contribution is -2.36. The molecule has 0 radical (unpaired) electrons. The van der Waals surface area contributed by atoms with E-state index in [0.29, 0.717) is 60.2 Å². The Balaban J connectivity index is 1.57. The molecule has 11 heteroatoms. The highest BCUT2D eigenvalue weighted by Crippen LogP contribution is 2.31. The Kier molecular flexibility index (Phi) is 5.83. The maximum absolute atomic E-state index is 15.1. The zero-order chi connectivity index (χ0) is 23.5. The number of pyridine rings is 1. The lowest BCUT2D eigenvalue weighted by molar-refractivity contribution is -0.402. The van der Waals surface area contributed by atoms with Crippen molar-refractivity contribution in [3.8, 4) is 0 Å². The van der Waals surface area contributed by atoms with E-state index in [2.05, 4.69) is 20.3 Å². The summed E-state index contributed by atoms with van der Waals surface area (Å²) in [5.74, 6) is 0.264. The Morgan fingerprint density at radius 2 is 2.00 bits per heavy atom. The van der Waals surface area contributed by atoms with Crippen molar-refractivity contribution < 1.29 is 18.5 Å². The highest BCUT2D eigenvalue weighted by Gasteiger charge is 2.18. The van der Waals surface area contributed by atoms with Gasteiger partial charge in [-0.2, -0.15) is 0 Å². The summed E-state index contributed by atoms with van der Waals surface area (Å²) >= 11 is 0. The number of benzene rings is 1. The molecule has 3 aromatic heterocycles. The van der Waals surface area contributed by atoms with E-state index in [9.17, 15) is 10.1 Å². The Morgan fingerprint density at radius 1 is 1.15 bits per heavy atom. The van der Waals surface area contributed by atoms with Gasteiger partial charge >= 0.3 is 5.88 Å². The molecule has 1 N–H and O–H groups in total. The van der Waals surface area contributed by atoms with Gasteiger partial charge in [0.1, 0.15) is 22.3 Å². The van der Waals surface area contributed by atoms with Gasteiger partial charge in [0.25, 0.3) is 0 Å². The summed E-state index contributed by atoms with van der Waals surface area (Å²) < 4.78 is 25.6. The van der Waals surface area contributed by atoms with Gasteiger partial charge in [-0.25, -0.2) is 14.4 Å². The van der Waals surface area contributed by atoms with Crippen LogP contribution < -0.4 is 10.2 Å². The van der Waals surface area contributed by atoms with E-state index in [1.54, 1.807) is 30.6 Å². The number of nitrogens with zero attached hydrogens (tertiary/aromatic N) is 5. The number of rotatable bonds is 6. The molecule has 1 fully saturated rings. The Labute approximate surface area is 192 Å². The number of hydrogen-bond donors (Lipinski definition) is 1. The second-order valence-corrected chi connectivity index (χ2v) is 7.48. The van der Waals surface area contributed by atoms with Crippen LogP contribution >= 0.6 is 0 Å². The SMILES string of the molecule is O=[N+]([O-])c1ccc(C=Cc2nc(Nc3cccnc3)c3cc(F)c(N4CCOCC4)cc3n2)o1. The fraction of sp³-hybridized carbons (Fsp3) is 0.174. The predicted molar refractivity (Wildman–Crippen MR) is 124 cm³/mol. The molecule has 1 aliphatic heterocycles. The standard InChI is InChI=1S/C23H19FN6O4/c24-18-12-17-19(13-20(18)29-8-10-33-11-9-29)27-21(5-3-16-4-6-22(34-16)30(31)32)28-23(17)26-15-2-1-7-25-14-15/h1-7,12-14H,8-11H2,(H,26,27,28). The van der Waals surface area contributed by atoms with Crippen LogP contribution in [0.15, 0.2) is 53.2 Å². The first-order valence-electron chi connectivity index (χ1n) is 10.5. The van der Waals surface area contributed by atoms with E-state index >= 15 is 4.39 Å². The first kappa shape index (κ1) is 21.5. The molecular weight excluding hydrogens is 443 g/mol. The Bertz CT molecular complexity index is 1370. The van der Waals surface area contributed by atoms with Gasteiger partial charge in [-0.3, -0.25) is 15.1 Å². The zero-order valence-electron chi connectivity index (χ0n) is 17.8. The van der Waals surface area contributed by atoms with Gasteiger partial charge in [-0.15, -0.1) is 0 Å². The maximum atomic E-state index is 15.1. The van der Waals surface area contributed by atoms with Crippen LogP contribution in [0, 0.1) is 15.9 Å². The number of anilines is 3. The fourth-order valence-electron chi connectivity index (χ4n) is 3.63. The third-order valence-electron chi connectivity index (χ3n) is 5.25. The number of fused-ring (bicyclic) bond motifs is 1. The lowest BCUT2D eigenvalue weighted by atomic mass is 10.1. The number of hydrogen-bond acceptors (Lipinski definition) is 9. The van der Waals surface area contributed by atoms with Gasteiger partial charge in [0, 0.05) is 24.7 Å². The minimum Gasteiger partial charge on any atom is -0.401 e. The summed E-state index contributed by atoms with van der Waals surface area (Å²) in [7, 11) is 0. The molecule has 5 rings (SSSR count). The number of aromatic nitrogens is 3. The van der Waals surface area contributed by atoms with Gasteiger partial charge in [-0.05, 0) is 42.5 Å². The molecule has 10 nitrogen and oxygen atoms in total. The maximum Gasteiger partial charge on any atom is 0.433 e. The molecule has 0 bridgehead atoms. The van der Waals surface area contributed by atoms with E-state index < -0.39 is 4.92 Å². The van der Waals surface area contributed by atoms with E-state index in [0.717, 1.165) is 0 Å². The van der Waals surface area contributed by atoms with Crippen molar-refractivity contribution in [3.05, 3.63) is 76.3 Å². The van der Waals surface area contributed by atoms with E-state index in [4.69, 9.17) is 9.15 Å². The molecule has 1 saturated heterocycles. The average Bonchev–Trinajstić information content (AvgIpc) is 3.34. The summed E-state index contributed by atoms with van der Waals surface area (Å²) in [6.45, 7) is 2.22. The zero-order valence-corrected chi connectivity index (χ0v) is 17.8. The average molecular weight is 462 g/mol. The molecule has 4 heterocycles. The summed E-state index contributed by atoms with van der Waals surface area (Å²) in [6.07, 6.45) is 6.39. The summed E-state index contributed by atoms with van der Waals surface area (Å²) in [5.41, 5.74) is 1.66. The van der Waals surface area contributed by atoms with Crippen molar-refractivity contribution in [1.82, 2.24) is 15.0 Å². The third kappa shape index (κ3) is 4.55. The van der Waals surface area contributed by atoms with Crippen LogP contribution in [0.2, 0.25) is 0 Å². The van der Waals surface area contributed by atoms with E-state index in [-0.39, 0.29) is 17.5 Å². The monoisotopic (exact) mass is 462 g/mol. The lowest BCUT2D eigenvalue weighted by Gasteiger charge is -2.29. The highest BCUT2D eigenvalue weighted by atomic mass is 19.1. The van der Waals surface area contributed by atoms with Crippen molar-refractivity contribution in [2.45, 2.75) is 0 Å². The van der Waals surface area contributed by atoms with Crippen LogP contribution in [0.5, 0.6) is 0 Å². The molecule has 0 aliphatic carbocycles. The van der Waals surface area contributed by atoms with Crippen LogP contribution in [0.1, 0.15) is 11.6 Å². The number of furan rings is 1. The molecule has 0 saturated carbocycles. The van der Waals surface area contributed by atoms with Crippen molar-refractivity contribution in [3.63, 3.8) is 0 Å². The number of morpholine rings is 1. The second-order valence-electron chi connectivity index (χ2n) is 7.48. The van der Waals surface area contributed by atoms with Crippen molar-refractivity contribution >= 4 is 46.1 Å². The summed E-state index contributed by atoms with van der Waals surface area (Å²) in [5, 5.41) is 14.5. The molecule has 0 spiro atoms. The first-order valence-corrected chi connectivity index (χ1v) is 10.5. The van der Waals surface area contributed by atoms with Gasteiger partial charge in [0.2, 0.25) is 0 Å². The minimum atomic E-state index is -0.610. The Hall–Kier alpha value is -4.38. The van der Waals surface area contributed by atoms with Crippen molar-refractivity contribution in [2.75, 3.05) is 36.5 Å². The Morgan fingerprint density at radius 3 is 2.74 bits per heavy atom. The molecule has 1 aliphatic rings. The van der Waals surface area contributed by atoms with Crippen LogP contribution in [-0.2, 0) is 4.74 Å². The van der Waals surface area contributed by atoms with E-state index in [1.807, 2.05) is 11.0 Å². The number of nitrogens with one attached hydrogen (secondary N) is 1. The molecule has 0 atom stereocenters. The largest absolute Gasteiger partial charge is 0.433 e. The number of halogens is 1. The highest BCUT2D eigenvalue weighted by molar-refractivity contribution is 5.93. The van der Waals surface area contributed by atoms with Gasteiger partial charge < -0.3 is 19.4 Å². The molecule has 0 unspecified atom stereocenters. The normalized spacial score (nSPS) is 14.1. The van der Waals surface area contributed by atoms with Gasteiger partial charge in [-0.1, -0.05) is 0 Å². The van der Waals surface area contributed by atoms with E-state index in [1.165, 1.54) is 24.3 Å². The molecule has 4 aromatic rings. The fourth-order valence-corrected chi connectivity index (χ4v) is 3.63. The third-order valence-corrected chi connectivity index (χ3v) is 5.25. The number of nitro groups is 1. The molecule has 172 valence electrons. The molecule has 34 heavy (non-hydrogen) atoms. The van der Waals surface area contributed by atoms with Crippen molar-refractivity contribution in [2.24, 2.45) is 0 Å². The second kappa shape index (κ2) is 9.24. The van der Waals surface area contributed by atoms with Crippen LogP contribution in [-0.4, -0.2) is 46.2 Å². The molecule has 1 aromatic carbocycles. The van der Waals surface area contributed by atoms with Gasteiger partial charge in [0.05, 0.1) is 42.4 Å². The summed E-state index contributed by atoms with van der Waals surface area (Å²) in [6, 6.07) is 9.46. The molecular formula is C23H19FN6O4.